The summed E-state index contributed by atoms with van der Waals surface area (Å²) in [6.07, 6.45) is 4.61. The molecular formula is C17H15N5O4. The Balaban J connectivity index is 1.68. The normalized spacial score (nSPS) is 10.8. The second-order valence-electron chi connectivity index (χ2n) is 5.21. The molecule has 3 rings (SSSR count). The Kier molecular flexibility index (Phi) is 5.18. The third kappa shape index (κ3) is 4.20. The fourth-order valence-electron chi connectivity index (χ4n) is 2.15. The van der Waals surface area contributed by atoms with Crippen LogP contribution in [0.4, 0.5) is 5.69 Å². The topological polar surface area (TPSA) is 105 Å². The lowest BCUT2D eigenvalue weighted by atomic mass is 10.2. The van der Waals surface area contributed by atoms with Crippen LogP contribution in [-0.2, 0) is 6.61 Å². The minimum atomic E-state index is -0.437. The molecule has 0 amide bonds. The molecule has 26 heavy (non-hydrogen) atoms. The minimum Gasteiger partial charge on any atom is -0.493 e. The van der Waals surface area contributed by atoms with Crippen molar-refractivity contribution in [3.8, 4) is 11.5 Å². The molecule has 0 saturated carbocycles. The molecule has 0 bridgehead atoms. The summed E-state index contributed by atoms with van der Waals surface area (Å²) in [5.74, 6) is 1.12. The predicted molar refractivity (Wildman–Crippen MR) is 93.4 cm³/mol. The van der Waals surface area contributed by atoms with Crippen LogP contribution in [0.2, 0.25) is 0 Å². The molecular weight excluding hydrogens is 338 g/mol. The van der Waals surface area contributed by atoms with Crippen LogP contribution in [0.15, 0.2) is 60.2 Å². The van der Waals surface area contributed by atoms with Crippen molar-refractivity contribution in [1.82, 2.24) is 14.9 Å². The number of nitro benzene ring substituents is 1. The number of hydrogen-bond donors (Lipinski definition) is 0. The average molecular weight is 353 g/mol. The molecule has 9 heteroatoms. The molecule has 0 aliphatic carbocycles. The van der Waals surface area contributed by atoms with E-state index in [4.69, 9.17) is 9.47 Å². The predicted octanol–water partition coefficient (Wildman–Crippen LogP) is 2.66. The number of ether oxygens (including phenoxy) is 2. The first-order chi connectivity index (χ1) is 12.7. The van der Waals surface area contributed by atoms with Gasteiger partial charge in [-0.3, -0.25) is 10.1 Å². The van der Waals surface area contributed by atoms with Gasteiger partial charge in [-0.15, -0.1) is 10.2 Å². The Bertz CT molecular complexity index is 907. The van der Waals surface area contributed by atoms with Crippen molar-refractivity contribution in [3.05, 3.63) is 76.4 Å². The van der Waals surface area contributed by atoms with Gasteiger partial charge in [-0.2, -0.15) is 5.10 Å². The van der Waals surface area contributed by atoms with Crippen LogP contribution in [0.3, 0.4) is 0 Å². The SMILES string of the molecule is COc1cc(/C=N/n2cnnc2)ccc1OCc1ccc([N+](=O)[O-])cc1. The van der Waals surface area contributed by atoms with E-state index in [1.54, 1.807) is 37.6 Å². The zero-order valence-electron chi connectivity index (χ0n) is 13.8. The third-order valence-electron chi connectivity index (χ3n) is 3.48. The zero-order chi connectivity index (χ0) is 18.4. The van der Waals surface area contributed by atoms with Crippen LogP contribution in [0.25, 0.3) is 0 Å². The Morgan fingerprint density at radius 1 is 1.15 bits per heavy atom. The molecule has 9 nitrogen and oxygen atoms in total. The molecule has 0 aliphatic heterocycles. The van der Waals surface area contributed by atoms with E-state index in [9.17, 15) is 10.1 Å². The van der Waals surface area contributed by atoms with Crippen molar-refractivity contribution in [2.75, 3.05) is 7.11 Å². The fraction of sp³-hybridized carbons (Fsp3) is 0.118. The number of aromatic nitrogens is 3. The number of hydrogen-bond acceptors (Lipinski definition) is 7. The Morgan fingerprint density at radius 3 is 2.54 bits per heavy atom. The van der Waals surface area contributed by atoms with Crippen LogP contribution in [0, 0.1) is 10.1 Å². The average Bonchev–Trinajstić information content (AvgIpc) is 3.19. The lowest BCUT2D eigenvalue weighted by Gasteiger charge is -2.11. The van der Waals surface area contributed by atoms with Crippen molar-refractivity contribution >= 4 is 11.9 Å². The van der Waals surface area contributed by atoms with Gasteiger partial charge in [-0.25, -0.2) is 4.68 Å². The molecule has 1 aromatic heterocycles. The molecule has 0 atom stereocenters. The highest BCUT2D eigenvalue weighted by Crippen LogP contribution is 2.28. The lowest BCUT2D eigenvalue weighted by Crippen LogP contribution is -1.99. The quantitative estimate of drug-likeness (QED) is 0.367. The molecule has 0 saturated heterocycles. The first kappa shape index (κ1) is 17.1. The summed E-state index contributed by atoms with van der Waals surface area (Å²) in [7, 11) is 1.55. The van der Waals surface area contributed by atoms with Gasteiger partial charge in [0.15, 0.2) is 11.5 Å². The van der Waals surface area contributed by atoms with Gasteiger partial charge in [0.25, 0.3) is 5.69 Å². The number of nitrogens with zero attached hydrogens (tertiary/aromatic N) is 5. The zero-order valence-corrected chi connectivity index (χ0v) is 13.8. The summed E-state index contributed by atoms with van der Waals surface area (Å²) < 4.78 is 12.6. The standard InChI is InChI=1S/C17H15N5O4/c1-25-17-8-14(9-20-21-11-18-19-12-21)4-7-16(17)26-10-13-2-5-15(6-3-13)22(23)24/h2-9,11-12H,10H2,1H3/b20-9+. The Hall–Kier alpha value is -3.75. The molecule has 0 N–H and O–H groups in total. The number of methoxy groups -OCH3 is 1. The van der Waals surface area contributed by atoms with Crippen LogP contribution >= 0.6 is 0 Å². The molecule has 132 valence electrons. The van der Waals surface area contributed by atoms with Gasteiger partial charge >= 0.3 is 0 Å². The van der Waals surface area contributed by atoms with Crippen LogP contribution in [-0.4, -0.2) is 33.1 Å². The van der Waals surface area contributed by atoms with Gasteiger partial charge in [0, 0.05) is 12.1 Å². The van der Waals surface area contributed by atoms with E-state index in [-0.39, 0.29) is 12.3 Å². The lowest BCUT2D eigenvalue weighted by molar-refractivity contribution is -0.384. The monoisotopic (exact) mass is 353 g/mol. The van der Waals surface area contributed by atoms with E-state index in [1.807, 2.05) is 6.07 Å². The van der Waals surface area contributed by atoms with Crippen LogP contribution in [0.5, 0.6) is 11.5 Å². The van der Waals surface area contributed by atoms with Crippen molar-refractivity contribution in [1.29, 1.82) is 0 Å². The summed E-state index contributed by atoms with van der Waals surface area (Å²) >= 11 is 0. The molecule has 0 unspecified atom stereocenters. The van der Waals surface area contributed by atoms with Crippen LogP contribution < -0.4 is 9.47 Å². The summed E-state index contributed by atoms with van der Waals surface area (Å²) in [6.45, 7) is 0.266. The van der Waals surface area contributed by atoms with Gasteiger partial charge < -0.3 is 9.47 Å². The largest absolute Gasteiger partial charge is 0.493 e. The highest BCUT2D eigenvalue weighted by molar-refractivity contribution is 5.80. The van der Waals surface area contributed by atoms with E-state index < -0.39 is 4.92 Å². The second kappa shape index (κ2) is 7.88. The molecule has 0 fully saturated rings. The van der Waals surface area contributed by atoms with Gasteiger partial charge in [-0.05, 0) is 41.5 Å². The number of non-ortho nitro benzene ring substituents is 1. The van der Waals surface area contributed by atoms with Crippen molar-refractivity contribution < 1.29 is 14.4 Å². The van der Waals surface area contributed by atoms with Gasteiger partial charge in [0.1, 0.15) is 19.3 Å². The highest BCUT2D eigenvalue weighted by Gasteiger charge is 2.07. The molecule has 3 aromatic rings. The number of rotatable bonds is 7. The Morgan fingerprint density at radius 2 is 1.88 bits per heavy atom. The molecule has 1 heterocycles. The van der Waals surface area contributed by atoms with E-state index >= 15 is 0 Å². The van der Waals surface area contributed by atoms with Gasteiger partial charge in [0.2, 0.25) is 0 Å². The first-order valence-electron chi connectivity index (χ1n) is 7.59. The third-order valence-corrected chi connectivity index (χ3v) is 3.48. The summed E-state index contributed by atoms with van der Waals surface area (Å²) in [4.78, 5) is 10.2. The van der Waals surface area contributed by atoms with Crippen LogP contribution in [0.1, 0.15) is 11.1 Å². The van der Waals surface area contributed by atoms with Gasteiger partial charge in [0.05, 0.1) is 18.2 Å². The summed E-state index contributed by atoms with van der Waals surface area (Å²) in [5, 5.41) is 22.2. The van der Waals surface area contributed by atoms with Gasteiger partial charge in [-0.1, -0.05) is 0 Å². The van der Waals surface area contributed by atoms with Crippen molar-refractivity contribution in [3.63, 3.8) is 0 Å². The number of nitro groups is 1. The fourth-order valence-corrected chi connectivity index (χ4v) is 2.15. The minimum absolute atomic E-state index is 0.0445. The first-order valence-corrected chi connectivity index (χ1v) is 7.59. The number of benzene rings is 2. The summed E-state index contributed by atoms with van der Waals surface area (Å²) in [5.41, 5.74) is 1.68. The van der Waals surface area contributed by atoms with Crippen molar-refractivity contribution in [2.24, 2.45) is 5.10 Å². The van der Waals surface area contributed by atoms with E-state index in [2.05, 4.69) is 15.3 Å². The molecule has 2 aromatic carbocycles. The van der Waals surface area contributed by atoms with Crippen molar-refractivity contribution in [2.45, 2.75) is 6.61 Å². The van der Waals surface area contributed by atoms with E-state index in [0.29, 0.717) is 11.5 Å². The smallest absolute Gasteiger partial charge is 0.269 e. The maximum Gasteiger partial charge on any atom is 0.269 e. The highest BCUT2D eigenvalue weighted by atomic mass is 16.6. The molecule has 0 spiro atoms. The Labute approximate surface area is 148 Å². The summed E-state index contributed by atoms with van der Waals surface area (Å²) in [6, 6.07) is 11.6. The van der Waals surface area contributed by atoms with E-state index in [0.717, 1.165) is 11.1 Å². The maximum absolute atomic E-state index is 10.7. The molecule has 0 aliphatic rings. The van der Waals surface area contributed by atoms with E-state index in [1.165, 1.54) is 29.5 Å². The molecule has 0 radical (unpaired) electrons. The second-order valence-corrected chi connectivity index (χ2v) is 5.21. The maximum atomic E-state index is 10.7.